The smallest absolute Gasteiger partial charge is 0.410 e. The Morgan fingerprint density at radius 1 is 1.52 bits per heavy atom. The number of hydrogen-bond donors (Lipinski definition) is 1. The second-order valence-corrected chi connectivity index (χ2v) is 6.50. The number of piperidine rings is 1. The monoisotopic (exact) mass is 295 g/mol. The minimum absolute atomic E-state index is 0.229. The van der Waals surface area contributed by atoms with Crippen LogP contribution in [0.25, 0.3) is 0 Å². The van der Waals surface area contributed by atoms with E-state index in [1.54, 1.807) is 11.2 Å². The topological polar surface area (TPSA) is 72.3 Å². The van der Waals surface area contributed by atoms with E-state index >= 15 is 0 Å². The van der Waals surface area contributed by atoms with Gasteiger partial charge in [0, 0.05) is 26.2 Å². The second kappa shape index (κ2) is 6.43. The van der Waals surface area contributed by atoms with Gasteiger partial charge in [0.25, 0.3) is 0 Å². The number of nitrogens with one attached hydrogen (secondary N) is 1. The Kier molecular flexibility index (Phi) is 4.82. The maximum Gasteiger partial charge on any atom is 0.410 e. The van der Waals surface area contributed by atoms with Gasteiger partial charge >= 0.3 is 6.09 Å². The molecule has 0 bridgehead atoms. The summed E-state index contributed by atoms with van der Waals surface area (Å²) in [6, 6.07) is 0.267. The van der Waals surface area contributed by atoms with Crippen LogP contribution in [0, 0.1) is 0 Å². The maximum absolute atomic E-state index is 12.1. The molecule has 0 radical (unpaired) electrons. The summed E-state index contributed by atoms with van der Waals surface area (Å²) < 4.78 is 7.32. The molecule has 1 atom stereocenters. The fraction of sp³-hybridized carbons (Fsp3) is 0.786. The lowest BCUT2D eigenvalue weighted by Crippen LogP contribution is -2.49. The van der Waals surface area contributed by atoms with Crippen LogP contribution in [0.1, 0.15) is 39.4 Å². The molecule has 1 unspecified atom stereocenters. The molecular weight excluding hydrogens is 270 g/mol. The van der Waals surface area contributed by atoms with Crippen LogP contribution in [-0.2, 0) is 18.3 Å². The molecule has 1 aromatic rings. The lowest BCUT2D eigenvalue weighted by atomic mass is 10.1. The fourth-order valence-corrected chi connectivity index (χ4v) is 2.34. The SMILES string of the molecule is Cn1cnnc1CNC1CCCN(C(=O)OC(C)(C)C)C1. The second-order valence-electron chi connectivity index (χ2n) is 6.50. The number of carbonyl (C=O) groups is 1. The van der Waals surface area contributed by atoms with Crippen LogP contribution in [0.15, 0.2) is 6.33 Å². The van der Waals surface area contributed by atoms with Gasteiger partial charge in [-0.25, -0.2) is 4.79 Å². The lowest BCUT2D eigenvalue weighted by Gasteiger charge is -2.34. The number of amides is 1. The summed E-state index contributed by atoms with van der Waals surface area (Å²) in [5, 5.41) is 11.3. The predicted octanol–water partition coefficient (Wildman–Crippen LogP) is 1.30. The molecule has 1 N–H and O–H groups in total. The predicted molar refractivity (Wildman–Crippen MR) is 78.7 cm³/mol. The molecule has 7 nitrogen and oxygen atoms in total. The van der Waals surface area contributed by atoms with Crippen molar-refractivity contribution in [3.05, 3.63) is 12.2 Å². The first-order valence-corrected chi connectivity index (χ1v) is 7.39. The highest BCUT2D eigenvalue weighted by Crippen LogP contribution is 2.15. The minimum Gasteiger partial charge on any atom is -0.444 e. The van der Waals surface area contributed by atoms with Gasteiger partial charge in [0.2, 0.25) is 0 Å². The van der Waals surface area contributed by atoms with Gasteiger partial charge in [0.1, 0.15) is 17.8 Å². The molecule has 118 valence electrons. The maximum atomic E-state index is 12.1. The largest absolute Gasteiger partial charge is 0.444 e. The van der Waals surface area contributed by atoms with Crippen LogP contribution in [-0.4, -0.2) is 50.5 Å². The summed E-state index contributed by atoms with van der Waals surface area (Å²) in [6.45, 7) is 7.75. The molecule has 1 aliphatic rings. The van der Waals surface area contributed by atoms with Crippen molar-refractivity contribution in [3.63, 3.8) is 0 Å². The van der Waals surface area contributed by atoms with E-state index in [1.807, 2.05) is 32.4 Å². The number of ether oxygens (including phenoxy) is 1. The molecule has 1 fully saturated rings. The number of aryl methyl sites for hydroxylation is 1. The van der Waals surface area contributed by atoms with Crippen molar-refractivity contribution in [2.75, 3.05) is 13.1 Å². The molecule has 0 saturated carbocycles. The van der Waals surface area contributed by atoms with Crippen LogP contribution >= 0.6 is 0 Å². The minimum atomic E-state index is -0.448. The zero-order valence-electron chi connectivity index (χ0n) is 13.3. The van der Waals surface area contributed by atoms with E-state index < -0.39 is 5.60 Å². The van der Waals surface area contributed by atoms with Gasteiger partial charge in [-0.3, -0.25) is 0 Å². The molecule has 0 spiro atoms. The van der Waals surface area contributed by atoms with Crippen molar-refractivity contribution in [3.8, 4) is 0 Å². The molecule has 1 aromatic heterocycles. The Morgan fingerprint density at radius 2 is 2.29 bits per heavy atom. The average molecular weight is 295 g/mol. The first kappa shape index (κ1) is 15.8. The van der Waals surface area contributed by atoms with Crippen molar-refractivity contribution < 1.29 is 9.53 Å². The first-order chi connectivity index (χ1) is 9.85. The van der Waals surface area contributed by atoms with Crippen molar-refractivity contribution in [1.29, 1.82) is 0 Å². The Balaban J connectivity index is 1.83. The number of hydrogen-bond acceptors (Lipinski definition) is 5. The molecule has 0 aliphatic carbocycles. The van der Waals surface area contributed by atoms with Gasteiger partial charge in [-0.2, -0.15) is 0 Å². The van der Waals surface area contributed by atoms with E-state index in [9.17, 15) is 4.79 Å². The van der Waals surface area contributed by atoms with Gasteiger partial charge in [0.05, 0.1) is 6.54 Å². The zero-order chi connectivity index (χ0) is 15.5. The van der Waals surface area contributed by atoms with Crippen LogP contribution in [0.4, 0.5) is 4.79 Å². The summed E-state index contributed by atoms with van der Waals surface area (Å²) in [4.78, 5) is 13.9. The Morgan fingerprint density at radius 3 is 2.90 bits per heavy atom. The van der Waals surface area contributed by atoms with Crippen LogP contribution < -0.4 is 5.32 Å². The van der Waals surface area contributed by atoms with Crippen molar-refractivity contribution in [2.24, 2.45) is 7.05 Å². The summed E-state index contributed by atoms with van der Waals surface area (Å²) >= 11 is 0. The molecule has 2 rings (SSSR count). The number of rotatable bonds is 3. The van der Waals surface area contributed by atoms with Crippen LogP contribution in [0.5, 0.6) is 0 Å². The molecule has 2 heterocycles. The zero-order valence-corrected chi connectivity index (χ0v) is 13.3. The van der Waals surface area contributed by atoms with E-state index in [-0.39, 0.29) is 12.1 Å². The Bertz CT molecular complexity index is 480. The van der Waals surface area contributed by atoms with E-state index in [2.05, 4.69) is 15.5 Å². The van der Waals surface area contributed by atoms with E-state index in [0.29, 0.717) is 13.1 Å². The van der Waals surface area contributed by atoms with E-state index in [1.165, 1.54) is 0 Å². The highest BCUT2D eigenvalue weighted by molar-refractivity contribution is 5.68. The summed E-state index contributed by atoms with van der Waals surface area (Å²) in [5.74, 6) is 0.893. The molecule has 0 aromatic carbocycles. The summed E-state index contributed by atoms with van der Waals surface area (Å²) in [5.41, 5.74) is -0.448. The van der Waals surface area contributed by atoms with Crippen molar-refractivity contribution in [2.45, 2.75) is 51.8 Å². The highest BCUT2D eigenvalue weighted by Gasteiger charge is 2.27. The number of likely N-dealkylation sites (tertiary alicyclic amines) is 1. The molecule has 21 heavy (non-hydrogen) atoms. The summed E-state index contributed by atoms with van der Waals surface area (Å²) in [7, 11) is 1.92. The van der Waals surface area contributed by atoms with Gasteiger partial charge in [-0.1, -0.05) is 0 Å². The van der Waals surface area contributed by atoms with Crippen LogP contribution in [0.3, 0.4) is 0 Å². The van der Waals surface area contributed by atoms with Crippen LogP contribution in [0.2, 0.25) is 0 Å². The molecule has 7 heteroatoms. The van der Waals surface area contributed by atoms with Gasteiger partial charge in [0.15, 0.2) is 0 Å². The normalized spacial score (nSPS) is 19.6. The summed E-state index contributed by atoms with van der Waals surface area (Å²) in [6.07, 6.45) is 3.49. The Hall–Kier alpha value is -1.63. The number of nitrogens with zero attached hydrogens (tertiary/aromatic N) is 4. The quantitative estimate of drug-likeness (QED) is 0.910. The fourth-order valence-electron chi connectivity index (χ4n) is 2.34. The van der Waals surface area contributed by atoms with E-state index in [0.717, 1.165) is 25.2 Å². The Labute approximate surface area is 125 Å². The van der Waals surface area contributed by atoms with Crippen molar-refractivity contribution >= 4 is 6.09 Å². The highest BCUT2D eigenvalue weighted by atomic mass is 16.6. The van der Waals surface area contributed by atoms with Gasteiger partial charge in [-0.05, 0) is 33.6 Å². The lowest BCUT2D eigenvalue weighted by molar-refractivity contribution is 0.0187. The third kappa shape index (κ3) is 4.70. The molecule has 1 saturated heterocycles. The van der Waals surface area contributed by atoms with Gasteiger partial charge < -0.3 is 19.5 Å². The van der Waals surface area contributed by atoms with Crippen molar-refractivity contribution in [1.82, 2.24) is 25.0 Å². The third-order valence-corrected chi connectivity index (χ3v) is 3.43. The molecule has 1 aliphatic heterocycles. The first-order valence-electron chi connectivity index (χ1n) is 7.39. The number of aromatic nitrogens is 3. The van der Waals surface area contributed by atoms with E-state index in [4.69, 9.17) is 4.74 Å². The molecule has 1 amide bonds. The molecular formula is C14H25N5O2. The third-order valence-electron chi connectivity index (χ3n) is 3.43. The standard InChI is InChI=1S/C14H25N5O2/c1-14(2,3)21-13(20)19-7-5-6-11(9-19)15-8-12-17-16-10-18(12)4/h10-11,15H,5-9H2,1-4H3. The van der Waals surface area contributed by atoms with Gasteiger partial charge in [-0.15, -0.1) is 10.2 Å². The number of carbonyl (C=O) groups excluding carboxylic acids is 1. The average Bonchev–Trinajstić information content (AvgIpc) is 2.80.